The summed E-state index contributed by atoms with van der Waals surface area (Å²) in [5, 5.41) is 11.2. The van der Waals surface area contributed by atoms with Crippen molar-refractivity contribution in [3.05, 3.63) is 29.6 Å². The van der Waals surface area contributed by atoms with Crippen LogP contribution in [0.15, 0.2) is 18.2 Å². The van der Waals surface area contributed by atoms with Gasteiger partial charge in [-0.15, -0.1) is 0 Å². The van der Waals surface area contributed by atoms with Gasteiger partial charge in [-0.1, -0.05) is 0 Å². The highest BCUT2D eigenvalue weighted by Crippen LogP contribution is 2.17. The standard InChI is InChI=1S/C12H14FN3O/c1-15-12(17)3-4-16(2)11-6-9(8-14)5-10(13)7-11/h5-7H,3-4H2,1-2H3,(H,15,17). The number of anilines is 1. The average molecular weight is 235 g/mol. The molecule has 17 heavy (non-hydrogen) atoms. The molecule has 0 aliphatic carbocycles. The molecule has 0 saturated carbocycles. The van der Waals surface area contributed by atoms with Crippen molar-refractivity contribution in [2.45, 2.75) is 6.42 Å². The third-order valence-corrected chi connectivity index (χ3v) is 2.41. The van der Waals surface area contributed by atoms with E-state index in [1.807, 2.05) is 6.07 Å². The summed E-state index contributed by atoms with van der Waals surface area (Å²) in [6, 6.07) is 6.00. The zero-order valence-electron chi connectivity index (χ0n) is 9.83. The second-order valence-electron chi connectivity index (χ2n) is 3.65. The summed E-state index contributed by atoms with van der Waals surface area (Å²) >= 11 is 0. The van der Waals surface area contributed by atoms with Gasteiger partial charge in [-0.3, -0.25) is 4.79 Å². The predicted molar refractivity (Wildman–Crippen MR) is 63.1 cm³/mol. The molecule has 0 fully saturated rings. The van der Waals surface area contributed by atoms with Gasteiger partial charge >= 0.3 is 0 Å². The van der Waals surface area contributed by atoms with Crippen LogP contribution in [0.3, 0.4) is 0 Å². The third-order valence-electron chi connectivity index (χ3n) is 2.41. The molecule has 0 aromatic heterocycles. The molecule has 0 radical (unpaired) electrons. The molecule has 90 valence electrons. The lowest BCUT2D eigenvalue weighted by atomic mass is 10.2. The first kappa shape index (κ1) is 13.0. The molecule has 0 aliphatic rings. The van der Waals surface area contributed by atoms with Gasteiger partial charge in [0.05, 0.1) is 11.6 Å². The second kappa shape index (κ2) is 5.85. The Labute approximate surface area is 99.7 Å². The highest BCUT2D eigenvalue weighted by molar-refractivity contribution is 5.76. The maximum absolute atomic E-state index is 13.2. The van der Waals surface area contributed by atoms with Crippen LogP contribution >= 0.6 is 0 Å². The Morgan fingerprint density at radius 3 is 2.82 bits per heavy atom. The number of hydrogen-bond donors (Lipinski definition) is 1. The molecule has 1 aromatic carbocycles. The molecular formula is C12H14FN3O. The van der Waals surface area contributed by atoms with Gasteiger partial charge < -0.3 is 10.2 Å². The zero-order valence-corrected chi connectivity index (χ0v) is 9.83. The molecule has 5 heteroatoms. The van der Waals surface area contributed by atoms with Crippen molar-refractivity contribution in [3.63, 3.8) is 0 Å². The Bertz CT molecular complexity index is 454. The second-order valence-corrected chi connectivity index (χ2v) is 3.65. The van der Waals surface area contributed by atoms with Crippen LogP contribution in [0.2, 0.25) is 0 Å². The van der Waals surface area contributed by atoms with E-state index in [0.29, 0.717) is 18.7 Å². The van der Waals surface area contributed by atoms with Gasteiger partial charge in [0.1, 0.15) is 5.82 Å². The summed E-state index contributed by atoms with van der Waals surface area (Å²) < 4.78 is 13.2. The van der Waals surface area contributed by atoms with Crippen LogP contribution in [0.25, 0.3) is 0 Å². The van der Waals surface area contributed by atoms with Gasteiger partial charge in [-0.25, -0.2) is 4.39 Å². The summed E-state index contributed by atoms with van der Waals surface area (Å²) in [7, 11) is 3.32. The van der Waals surface area contributed by atoms with E-state index in [9.17, 15) is 9.18 Å². The fourth-order valence-electron chi connectivity index (χ4n) is 1.38. The predicted octanol–water partition coefficient (Wildman–Crippen LogP) is 1.27. The topological polar surface area (TPSA) is 56.1 Å². The minimum Gasteiger partial charge on any atom is -0.374 e. The molecule has 0 unspecified atom stereocenters. The van der Waals surface area contributed by atoms with Crippen molar-refractivity contribution in [3.8, 4) is 6.07 Å². The van der Waals surface area contributed by atoms with Gasteiger partial charge in [0.2, 0.25) is 5.91 Å². The lowest BCUT2D eigenvalue weighted by Gasteiger charge is -2.19. The summed E-state index contributed by atoms with van der Waals surface area (Å²) in [6.07, 6.45) is 0.325. The molecule has 0 bridgehead atoms. The SMILES string of the molecule is CNC(=O)CCN(C)c1cc(F)cc(C#N)c1. The minimum atomic E-state index is -0.453. The molecule has 1 rings (SSSR count). The van der Waals surface area contributed by atoms with Crippen LogP contribution in [0.5, 0.6) is 0 Å². The Kier molecular flexibility index (Phi) is 4.46. The number of nitriles is 1. The normalized spacial score (nSPS) is 9.53. The van der Waals surface area contributed by atoms with Crippen LogP contribution < -0.4 is 10.2 Å². The smallest absolute Gasteiger partial charge is 0.221 e. The number of carbonyl (C=O) groups is 1. The van der Waals surface area contributed by atoms with Crippen molar-refractivity contribution < 1.29 is 9.18 Å². The van der Waals surface area contributed by atoms with Crippen LogP contribution in [-0.4, -0.2) is 26.5 Å². The Balaban J connectivity index is 2.75. The number of nitrogens with zero attached hydrogens (tertiary/aromatic N) is 2. The lowest BCUT2D eigenvalue weighted by molar-refractivity contribution is -0.120. The number of halogens is 1. The maximum Gasteiger partial charge on any atom is 0.221 e. The quantitative estimate of drug-likeness (QED) is 0.855. The molecule has 0 aliphatic heterocycles. The van der Waals surface area contributed by atoms with Crippen LogP contribution in [0, 0.1) is 17.1 Å². The van der Waals surface area contributed by atoms with E-state index in [2.05, 4.69) is 5.32 Å². The molecule has 4 nitrogen and oxygen atoms in total. The van der Waals surface area contributed by atoms with Gasteiger partial charge in [-0.05, 0) is 18.2 Å². The van der Waals surface area contributed by atoms with E-state index in [0.717, 1.165) is 0 Å². The number of carbonyl (C=O) groups excluding carboxylic acids is 1. The van der Waals surface area contributed by atoms with E-state index in [-0.39, 0.29) is 11.5 Å². The van der Waals surface area contributed by atoms with E-state index in [4.69, 9.17) is 5.26 Å². The number of benzene rings is 1. The average Bonchev–Trinajstić information content (AvgIpc) is 2.34. The van der Waals surface area contributed by atoms with E-state index < -0.39 is 5.82 Å². The third kappa shape index (κ3) is 3.76. The summed E-state index contributed by atoms with van der Waals surface area (Å²) in [4.78, 5) is 12.8. The molecular weight excluding hydrogens is 221 g/mol. The highest BCUT2D eigenvalue weighted by atomic mass is 19.1. The van der Waals surface area contributed by atoms with E-state index in [1.165, 1.54) is 12.1 Å². The van der Waals surface area contributed by atoms with E-state index >= 15 is 0 Å². The fraction of sp³-hybridized carbons (Fsp3) is 0.333. The van der Waals surface area contributed by atoms with Crippen molar-refractivity contribution >= 4 is 11.6 Å². The highest BCUT2D eigenvalue weighted by Gasteiger charge is 2.07. The van der Waals surface area contributed by atoms with Gasteiger partial charge in [0.15, 0.2) is 0 Å². The maximum atomic E-state index is 13.2. The molecule has 0 spiro atoms. The molecule has 0 atom stereocenters. The van der Waals surface area contributed by atoms with E-state index in [1.54, 1.807) is 25.1 Å². The Morgan fingerprint density at radius 1 is 1.53 bits per heavy atom. The van der Waals surface area contributed by atoms with Crippen molar-refractivity contribution in [1.29, 1.82) is 5.26 Å². The fourth-order valence-corrected chi connectivity index (χ4v) is 1.38. The first-order chi connectivity index (χ1) is 8.06. The van der Waals surface area contributed by atoms with Crippen molar-refractivity contribution in [2.24, 2.45) is 0 Å². The largest absolute Gasteiger partial charge is 0.374 e. The molecule has 1 aromatic rings. The molecule has 1 amide bonds. The van der Waals surface area contributed by atoms with Crippen LogP contribution in [-0.2, 0) is 4.79 Å². The molecule has 1 N–H and O–H groups in total. The minimum absolute atomic E-state index is 0.0752. The van der Waals surface area contributed by atoms with Gasteiger partial charge in [-0.2, -0.15) is 5.26 Å². The Hall–Kier alpha value is -2.09. The summed E-state index contributed by atoms with van der Waals surface area (Å²) in [5.41, 5.74) is 0.859. The number of rotatable bonds is 4. The zero-order chi connectivity index (χ0) is 12.8. The first-order valence-corrected chi connectivity index (χ1v) is 5.19. The number of nitrogens with one attached hydrogen (secondary N) is 1. The lowest BCUT2D eigenvalue weighted by Crippen LogP contribution is -2.26. The van der Waals surface area contributed by atoms with Crippen LogP contribution in [0.1, 0.15) is 12.0 Å². The summed E-state index contributed by atoms with van der Waals surface area (Å²) in [6.45, 7) is 0.466. The molecule has 0 saturated heterocycles. The van der Waals surface area contributed by atoms with Crippen molar-refractivity contribution in [1.82, 2.24) is 5.32 Å². The van der Waals surface area contributed by atoms with Gasteiger partial charge in [0, 0.05) is 32.7 Å². The van der Waals surface area contributed by atoms with Crippen LogP contribution in [0.4, 0.5) is 10.1 Å². The molecule has 0 heterocycles. The summed E-state index contributed by atoms with van der Waals surface area (Å²) in [5.74, 6) is -0.528. The van der Waals surface area contributed by atoms with Gasteiger partial charge in [0.25, 0.3) is 0 Å². The number of amides is 1. The van der Waals surface area contributed by atoms with Crippen molar-refractivity contribution in [2.75, 3.05) is 25.5 Å². The monoisotopic (exact) mass is 235 g/mol. The first-order valence-electron chi connectivity index (χ1n) is 5.19. The Morgan fingerprint density at radius 2 is 2.24 bits per heavy atom. The number of hydrogen-bond acceptors (Lipinski definition) is 3.